The van der Waals surface area contributed by atoms with Crippen LogP contribution in [0.3, 0.4) is 0 Å². The maximum Gasteiger partial charge on any atom is 0.164 e. The summed E-state index contributed by atoms with van der Waals surface area (Å²) in [5.41, 5.74) is 1.24. The van der Waals surface area contributed by atoms with E-state index in [1.165, 1.54) is 0 Å². The van der Waals surface area contributed by atoms with Gasteiger partial charge in [-0.1, -0.05) is 29.8 Å². The molecule has 0 amide bonds. The second kappa shape index (κ2) is 6.92. The largest absolute Gasteiger partial charge is 0.497 e. The van der Waals surface area contributed by atoms with E-state index < -0.39 is 5.92 Å². The van der Waals surface area contributed by atoms with E-state index in [-0.39, 0.29) is 12.2 Å². The highest BCUT2D eigenvalue weighted by Gasteiger charge is 2.18. The molecule has 1 atom stereocenters. The molecule has 0 saturated heterocycles. The zero-order valence-corrected chi connectivity index (χ0v) is 12.3. The van der Waals surface area contributed by atoms with E-state index >= 15 is 0 Å². The third-order valence-electron chi connectivity index (χ3n) is 3.24. The molecule has 2 aromatic carbocycles. The lowest BCUT2D eigenvalue weighted by Crippen LogP contribution is -2.06. The molecule has 0 aliphatic heterocycles. The van der Waals surface area contributed by atoms with Crippen LogP contribution < -0.4 is 4.74 Å². The molecule has 0 aliphatic carbocycles. The molecule has 106 valence electrons. The van der Waals surface area contributed by atoms with Gasteiger partial charge in [-0.05, 0) is 35.9 Å². The summed E-state index contributed by atoms with van der Waals surface area (Å²) in [6.45, 7) is 0. The lowest BCUT2D eigenvalue weighted by molar-refractivity contribution is 0.0979. The summed E-state index contributed by atoms with van der Waals surface area (Å²) in [6.07, 6.45) is 0.104. The van der Waals surface area contributed by atoms with Crippen molar-refractivity contribution in [2.45, 2.75) is 12.3 Å². The number of benzene rings is 2. The zero-order chi connectivity index (χ0) is 15.2. The molecule has 4 heteroatoms. The number of hydrogen-bond donors (Lipinski definition) is 0. The zero-order valence-electron chi connectivity index (χ0n) is 11.5. The van der Waals surface area contributed by atoms with E-state index in [9.17, 15) is 10.1 Å². The number of ketones is 1. The summed E-state index contributed by atoms with van der Waals surface area (Å²) < 4.78 is 5.06. The number of rotatable bonds is 5. The summed E-state index contributed by atoms with van der Waals surface area (Å²) >= 11 is 6.09. The molecule has 0 aromatic heterocycles. The Hall–Kier alpha value is -2.31. The van der Waals surface area contributed by atoms with Crippen molar-refractivity contribution >= 4 is 17.4 Å². The SMILES string of the molecule is COc1ccc(C(=O)CC(C#N)c2ccccc2Cl)cc1. The van der Waals surface area contributed by atoms with Crippen LogP contribution in [0.2, 0.25) is 5.02 Å². The van der Waals surface area contributed by atoms with Crippen LogP contribution in [0.4, 0.5) is 0 Å². The second-order valence-corrected chi connectivity index (χ2v) is 4.97. The van der Waals surface area contributed by atoms with E-state index in [0.29, 0.717) is 21.9 Å². The summed E-state index contributed by atoms with van der Waals surface area (Å²) in [4.78, 5) is 12.3. The molecular weight excluding hydrogens is 286 g/mol. The van der Waals surface area contributed by atoms with Gasteiger partial charge < -0.3 is 4.74 Å². The van der Waals surface area contributed by atoms with Crippen molar-refractivity contribution in [1.29, 1.82) is 5.26 Å². The number of nitrogens with zero attached hydrogens (tertiary/aromatic N) is 1. The first-order valence-corrected chi connectivity index (χ1v) is 6.84. The molecule has 0 fully saturated rings. The Labute approximate surface area is 128 Å². The molecule has 0 aliphatic rings. The smallest absolute Gasteiger partial charge is 0.164 e. The third kappa shape index (κ3) is 3.62. The Kier molecular flexibility index (Phi) is 4.97. The Morgan fingerprint density at radius 3 is 2.48 bits per heavy atom. The number of hydrogen-bond acceptors (Lipinski definition) is 3. The lowest BCUT2D eigenvalue weighted by atomic mass is 9.93. The summed E-state index contributed by atoms with van der Waals surface area (Å²) in [6, 6.07) is 16.1. The van der Waals surface area contributed by atoms with Crippen molar-refractivity contribution in [1.82, 2.24) is 0 Å². The van der Waals surface area contributed by atoms with Crippen LogP contribution in [0.25, 0.3) is 0 Å². The van der Waals surface area contributed by atoms with Gasteiger partial charge in [0.05, 0.1) is 19.1 Å². The van der Waals surface area contributed by atoms with Crippen molar-refractivity contribution in [2.24, 2.45) is 0 Å². The predicted octanol–water partition coefficient (Wildman–Crippen LogP) is 4.23. The van der Waals surface area contributed by atoms with Gasteiger partial charge in [0.25, 0.3) is 0 Å². The summed E-state index contributed by atoms with van der Waals surface area (Å²) in [5.74, 6) is 0.0481. The first-order chi connectivity index (χ1) is 10.2. The maximum atomic E-state index is 12.3. The van der Waals surface area contributed by atoms with Gasteiger partial charge in [0.2, 0.25) is 0 Å². The minimum atomic E-state index is -0.548. The topological polar surface area (TPSA) is 50.1 Å². The fourth-order valence-electron chi connectivity index (χ4n) is 2.06. The van der Waals surface area contributed by atoms with Gasteiger partial charge in [0.1, 0.15) is 5.75 Å². The highest BCUT2D eigenvalue weighted by Crippen LogP contribution is 2.27. The number of Topliss-reactive ketones (excluding diaryl/α,β-unsaturated/α-hetero) is 1. The molecule has 21 heavy (non-hydrogen) atoms. The van der Waals surface area contributed by atoms with E-state index in [4.69, 9.17) is 16.3 Å². The van der Waals surface area contributed by atoms with E-state index in [1.54, 1.807) is 49.6 Å². The maximum absolute atomic E-state index is 12.3. The normalized spacial score (nSPS) is 11.5. The molecule has 2 rings (SSSR count). The van der Waals surface area contributed by atoms with Crippen molar-refractivity contribution in [3.05, 3.63) is 64.7 Å². The van der Waals surface area contributed by atoms with Crippen molar-refractivity contribution in [2.75, 3.05) is 7.11 Å². The van der Waals surface area contributed by atoms with E-state index in [1.807, 2.05) is 6.07 Å². The Morgan fingerprint density at radius 1 is 1.24 bits per heavy atom. The van der Waals surface area contributed by atoms with Gasteiger partial charge in [0, 0.05) is 17.0 Å². The molecule has 0 saturated carbocycles. The van der Waals surface area contributed by atoms with E-state index in [0.717, 1.165) is 0 Å². The van der Waals surface area contributed by atoms with Crippen LogP contribution in [0.1, 0.15) is 28.3 Å². The molecule has 0 heterocycles. The van der Waals surface area contributed by atoms with Crippen LogP contribution in [0.15, 0.2) is 48.5 Å². The number of methoxy groups -OCH3 is 1. The van der Waals surface area contributed by atoms with E-state index in [2.05, 4.69) is 6.07 Å². The highest BCUT2D eigenvalue weighted by molar-refractivity contribution is 6.31. The number of carbonyl (C=O) groups is 1. The van der Waals surface area contributed by atoms with Crippen LogP contribution in [-0.4, -0.2) is 12.9 Å². The minimum absolute atomic E-state index is 0.0934. The number of carbonyl (C=O) groups excluding carboxylic acids is 1. The molecule has 0 bridgehead atoms. The van der Waals surface area contributed by atoms with Crippen molar-refractivity contribution in [3.8, 4) is 11.8 Å². The fourth-order valence-corrected chi connectivity index (χ4v) is 2.33. The Balaban J connectivity index is 2.17. The van der Waals surface area contributed by atoms with Gasteiger partial charge in [-0.3, -0.25) is 4.79 Å². The lowest BCUT2D eigenvalue weighted by Gasteiger charge is -2.10. The molecule has 1 unspecified atom stereocenters. The first-order valence-electron chi connectivity index (χ1n) is 6.47. The van der Waals surface area contributed by atoms with Gasteiger partial charge in [-0.15, -0.1) is 0 Å². The molecule has 3 nitrogen and oxygen atoms in total. The molecule has 0 N–H and O–H groups in total. The highest BCUT2D eigenvalue weighted by atomic mass is 35.5. The monoisotopic (exact) mass is 299 g/mol. The number of ether oxygens (including phenoxy) is 1. The first kappa shape index (κ1) is 15.1. The quantitative estimate of drug-likeness (QED) is 0.776. The van der Waals surface area contributed by atoms with Gasteiger partial charge >= 0.3 is 0 Å². The minimum Gasteiger partial charge on any atom is -0.497 e. The van der Waals surface area contributed by atoms with Crippen LogP contribution in [0.5, 0.6) is 5.75 Å². The van der Waals surface area contributed by atoms with Gasteiger partial charge in [-0.25, -0.2) is 0 Å². The fraction of sp³-hybridized carbons (Fsp3) is 0.176. The second-order valence-electron chi connectivity index (χ2n) is 4.56. The Morgan fingerprint density at radius 2 is 1.90 bits per heavy atom. The Bertz CT molecular complexity index is 674. The predicted molar refractivity (Wildman–Crippen MR) is 81.7 cm³/mol. The number of halogens is 1. The molecule has 2 aromatic rings. The van der Waals surface area contributed by atoms with Crippen LogP contribution in [0, 0.1) is 11.3 Å². The standard InChI is InChI=1S/C17H14ClNO2/c1-21-14-8-6-12(7-9-14)17(20)10-13(11-19)15-4-2-3-5-16(15)18/h2-9,13H,10H2,1H3. The third-order valence-corrected chi connectivity index (χ3v) is 3.58. The molecule has 0 spiro atoms. The summed E-state index contributed by atoms with van der Waals surface area (Å²) in [7, 11) is 1.57. The van der Waals surface area contributed by atoms with Gasteiger partial charge in [-0.2, -0.15) is 5.26 Å². The summed E-state index contributed by atoms with van der Waals surface area (Å²) in [5, 5.41) is 9.81. The average Bonchev–Trinajstić information content (AvgIpc) is 2.53. The van der Waals surface area contributed by atoms with Crippen molar-refractivity contribution < 1.29 is 9.53 Å². The van der Waals surface area contributed by atoms with Gasteiger partial charge in [0.15, 0.2) is 5.78 Å². The van der Waals surface area contributed by atoms with Crippen LogP contribution >= 0.6 is 11.6 Å². The molecule has 0 radical (unpaired) electrons. The average molecular weight is 300 g/mol. The number of nitriles is 1. The van der Waals surface area contributed by atoms with Crippen molar-refractivity contribution in [3.63, 3.8) is 0 Å². The molecular formula is C17H14ClNO2. The van der Waals surface area contributed by atoms with Crippen LogP contribution in [-0.2, 0) is 0 Å².